The van der Waals surface area contributed by atoms with Gasteiger partial charge in [0.05, 0.1) is 20.8 Å². The third-order valence-electron chi connectivity index (χ3n) is 3.06. The number of hydrogen-bond donors (Lipinski definition) is 1. The molecule has 0 aliphatic rings. The maximum atomic E-state index is 5.57. The molecular formula is C16H28ClNO3. The Balaban J connectivity index is 0.00000400. The second kappa shape index (κ2) is 11.7. The lowest BCUT2D eigenvalue weighted by molar-refractivity contribution is 0.125. The molecule has 0 saturated heterocycles. The predicted octanol–water partition coefficient (Wildman–Crippen LogP) is 3.28. The highest BCUT2D eigenvalue weighted by Gasteiger charge is 2.08. The van der Waals surface area contributed by atoms with Crippen LogP contribution < -0.4 is 14.8 Å². The molecule has 21 heavy (non-hydrogen) atoms. The number of rotatable bonds is 10. The number of hydrogen-bond acceptors (Lipinski definition) is 4. The Hall–Kier alpha value is -0.970. The van der Waals surface area contributed by atoms with Gasteiger partial charge in [-0.05, 0) is 18.4 Å². The number of methoxy groups -OCH3 is 2. The molecule has 0 aliphatic heterocycles. The van der Waals surface area contributed by atoms with Crippen LogP contribution in [0.15, 0.2) is 18.2 Å². The van der Waals surface area contributed by atoms with Crippen molar-refractivity contribution in [1.29, 1.82) is 0 Å². The second-order valence-corrected chi connectivity index (χ2v) is 5.12. The van der Waals surface area contributed by atoms with Gasteiger partial charge in [0.15, 0.2) is 11.5 Å². The van der Waals surface area contributed by atoms with Crippen molar-refractivity contribution in [2.75, 3.05) is 34.0 Å². The van der Waals surface area contributed by atoms with Crippen molar-refractivity contribution in [1.82, 2.24) is 5.32 Å². The molecule has 0 aromatic heterocycles. The summed E-state index contributed by atoms with van der Waals surface area (Å²) in [6.45, 7) is 7.56. The molecule has 0 atom stereocenters. The minimum Gasteiger partial charge on any atom is -0.493 e. The van der Waals surface area contributed by atoms with E-state index in [2.05, 4.69) is 19.2 Å². The Bertz CT molecular complexity index is 386. The lowest BCUT2D eigenvalue weighted by Gasteiger charge is -2.13. The minimum atomic E-state index is 0. The normalized spacial score (nSPS) is 10.3. The Morgan fingerprint density at radius 2 is 1.86 bits per heavy atom. The molecule has 0 unspecified atom stereocenters. The molecule has 0 amide bonds. The molecule has 0 aliphatic carbocycles. The molecule has 1 aromatic rings. The summed E-state index contributed by atoms with van der Waals surface area (Å²) >= 11 is 0. The van der Waals surface area contributed by atoms with E-state index in [1.807, 2.05) is 18.2 Å². The molecule has 0 heterocycles. The smallest absolute Gasteiger partial charge is 0.165 e. The molecule has 1 aromatic carbocycles. The van der Waals surface area contributed by atoms with E-state index in [0.717, 1.165) is 49.8 Å². The topological polar surface area (TPSA) is 39.7 Å². The summed E-state index contributed by atoms with van der Waals surface area (Å²) in [4.78, 5) is 0. The standard InChI is InChI=1S/C16H27NO3.ClH/c1-13(2)8-10-20-11-9-17-12-14-6-5-7-15(18-3)16(14)19-4;/h5-7,13,17H,8-12H2,1-4H3;1H. The van der Waals surface area contributed by atoms with Gasteiger partial charge in [0.1, 0.15) is 0 Å². The molecular weight excluding hydrogens is 290 g/mol. The van der Waals surface area contributed by atoms with E-state index in [1.165, 1.54) is 0 Å². The molecule has 0 saturated carbocycles. The van der Waals surface area contributed by atoms with Crippen LogP contribution in [0.4, 0.5) is 0 Å². The molecule has 0 bridgehead atoms. The van der Waals surface area contributed by atoms with Crippen LogP contribution in [-0.4, -0.2) is 34.0 Å². The number of halogens is 1. The summed E-state index contributed by atoms with van der Waals surface area (Å²) in [5.41, 5.74) is 1.09. The maximum absolute atomic E-state index is 5.57. The maximum Gasteiger partial charge on any atom is 0.165 e. The average Bonchev–Trinajstić information content (AvgIpc) is 2.45. The van der Waals surface area contributed by atoms with E-state index in [0.29, 0.717) is 5.92 Å². The fourth-order valence-electron chi connectivity index (χ4n) is 1.88. The summed E-state index contributed by atoms with van der Waals surface area (Å²) in [5, 5.41) is 3.36. The van der Waals surface area contributed by atoms with Crippen molar-refractivity contribution in [2.24, 2.45) is 5.92 Å². The van der Waals surface area contributed by atoms with Gasteiger partial charge < -0.3 is 19.5 Å². The van der Waals surface area contributed by atoms with Gasteiger partial charge >= 0.3 is 0 Å². The Labute approximate surface area is 134 Å². The summed E-state index contributed by atoms with van der Waals surface area (Å²) < 4.78 is 16.2. The van der Waals surface area contributed by atoms with E-state index in [4.69, 9.17) is 14.2 Å². The van der Waals surface area contributed by atoms with Crippen LogP contribution in [0.1, 0.15) is 25.8 Å². The van der Waals surface area contributed by atoms with Crippen molar-refractivity contribution in [3.63, 3.8) is 0 Å². The van der Waals surface area contributed by atoms with Crippen LogP contribution in [0.25, 0.3) is 0 Å². The minimum absolute atomic E-state index is 0. The van der Waals surface area contributed by atoms with Crippen molar-refractivity contribution < 1.29 is 14.2 Å². The zero-order valence-electron chi connectivity index (χ0n) is 13.5. The van der Waals surface area contributed by atoms with Crippen molar-refractivity contribution >= 4 is 12.4 Å². The van der Waals surface area contributed by atoms with E-state index in [1.54, 1.807) is 14.2 Å². The first-order valence-electron chi connectivity index (χ1n) is 7.17. The molecule has 0 fully saturated rings. The lowest BCUT2D eigenvalue weighted by atomic mass is 10.1. The van der Waals surface area contributed by atoms with Crippen molar-refractivity contribution in [2.45, 2.75) is 26.8 Å². The van der Waals surface area contributed by atoms with E-state index in [9.17, 15) is 0 Å². The lowest BCUT2D eigenvalue weighted by Crippen LogP contribution is -2.20. The zero-order valence-corrected chi connectivity index (χ0v) is 14.3. The third kappa shape index (κ3) is 7.55. The molecule has 1 N–H and O–H groups in total. The predicted molar refractivity (Wildman–Crippen MR) is 88.8 cm³/mol. The summed E-state index contributed by atoms with van der Waals surface area (Å²) in [6.07, 6.45) is 1.11. The van der Waals surface area contributed by atoms with Crippen LogP contribution in [0.5, 0.6) is 11.5 Å². The van der Waals surface area contributed by atoms with Crippen LogP contribution in [-0.2, 0) is 11.3 Å². The summed E-state index contributed by atoms with van der Waals surface area (Å²) in [7, 11) is 3.31. The largest absolute Gasteiger partial charge is 0.493 e. The highest BCUT2D eigenvalue weighted by Crippen LogP contribution is 2.30. The molecule has 0 spiro atoms. The fourth-order valence-corrected chi connectivity index (χ4v) is 1.88. The van der Waals surface area contributed by atoms with Crippen molar-refractivity contribution in [3.05, 3.63) is 23.8 Å². The van der Waals surface area contributed by atoms with Gasteiger partial charge in [-0.15, -0.1) is 12.4 Å². The van der Waals surface area contributed by atoms with E-state index in [-0.39, 0.29) is 12.4 Å². The first-order chi connectivity index (χ1) is 9.69. The Morgan fingerprint density at radius 3 is 2.48 bits per heavy atom. The van der Waals surface area contributed by atoms with Gasteiger partial charge in [0.2, 0.25) is 0 Å². The van der Waals surface area contributed by atoms with Crippen LogP contribution >= 0.6 is 12.4 Å². The van der Waals surface area contributed by atoms with Gasteiger partial charge in [0, 0.05) is 25.3 Å². The highest BCUT2D eigenvalue weighted by atomic mass is 35.5. The quantitative estimate of drug-likeness (QED) is 0.672. The third-order valence-corrected chi connectivity index (χ3v) is 3.06. The van der Waals surface area contributed by atoms with Gasteiger partial charge in [-0.3, -0.25) is 0 Å². The van der Waals surface area contributed by atoms with Crippen LogP contribution in [0.3, 0.4) is 0 Å². The second-order valence-electron chi connectivity index (χ2n) is 5.12. The van der Waals surface area contributed by atoms with Crippen LogP contribution in [0.2, 0.25) is 0 Å². The van der Waals surface area contributed by atoms with Gasteiger partial charge in [0.25, 0.3) is 0 Å². The van der Waals surface area contributed by atoms with Gasteiger partial charge in [-0.25, -0.2) is 0 Å². The van der Waals surface area contributed by atoms with Gasteiger partial charge in [-0.2, -0.15) is 0 Å². The number of benzene rings is 1. The number of nitrogens with one attached hydrogen (secondary N) is 1. The Morgan fingerprint density at radius 1 is 1.10 bits per heavy atom. The fraction of sp³-hybridized carbons (Fsp3) is 0.625. The highest BCUT2D eigenvalue weighted by molar-refractivity contribution is 5.85. The van der Waals surface area contributed by atoms with Crippen molar-refractivity contribution in [3.8, 4) is 11.5 Å². The number of para-hydroxylation sites is 1. The Kier molecular flexibility index (Phi) is 11.1. The molecule has 1 rings (SSSR count). The first-order valence-corrected chi connectivity index (χ1v) is 7.17. The molecule has 122 valence electrons. The average molecular weight is 318 g/mol. The SMILES string of the molecule is COc1cccc(CNCCOCCC(C)C)c1OC.Cl. The van der Waals surface area contributed by atoms with E-state index < -0.39 is 0 Å². The molecule has 0 radical (unpaired) electrons. The summed E-state index contributed by atoms with van der Waals surface area (Å²) in [5.74, 6) is 2.26. The van der Waals surface area contributed by atoms with Crippen LogP contribution in [0, 0.1) is 5.92 Å². The first kappa shape index (κ1) is 20.0. The van der Waals surface area contributed by atoms with E-state index >= 15 is 0 Å². The molecule has 5 heteroatoms. The van der Waals surface area contributed by atoms with Gasteiger partial charge in [-0.1, -0.05) is 26.0 Å². The monoisotopic (exact) mass is 317 g/mol. The summed E-state index contributed by atoms with van der Waals surface area (Å²) in [6, 6.07) is 5.91. The zero-order chi connectivity index (χ0) is 14.8. The number of ether oxygens (including phenoxy) is 3. The molecule has 4 nitrogen and oxygen atoms in total.